The number of carbonyl (C=O) groups is 1. The Bertz CT molecular complexity index is 841. The first-order chi connectivity index (χ1) is 10.6. The lowest BCUT2D eigenvalue weighted by Crippen LogP contribution is -2.22. The molecule has 3 rings (SSSR count). The van der Waals surface area contributed by atoms with Gasteiger partial charge in [-0.2, -0.15) is 5.10 Å². The molecular weight excluding hydrogens is 282 g/mol. The van der Waals surface area contributed by atoms with Crippen molar-refractivity contribution in [3.05, 3.63) is 36.3 Å². The van der Waals surface area contributed by atoms with E-state index < -0.39 is 0 Å². The van der Waals surface area contributed by atoms with Crippen LogP contribution in [0.15, 0.2) is 30.5 Å². The van der Waals surface area contributed by atoms with Gasteiger partial charge < -0.3 is 9.64 Å². The smallest absolute Gasteiger partial charge is 0.290 e. The molecule has 0 unspecified atom stereocenters. The average Bonchev–Trinajstić information content (AvgIpc) is 3.02. The van der Waals surface area contributed by atoms with E-state index in [-0.39, 0.29) is 11.7 Å². The van der Waals surface area contributed by atoms with Gasteiger partial charge in [-0.15, -0.1) is 0 Å². The normalized spacial score (nSPS) is 10.7. The van der Waals surface area contributed by atoms with Crippen LogP contribution >= 0.6 is 0 Å². The summed E-state index contributed by atoms with van der Waals surface area (Å²) >= 11 is 0. The minimum Gasteiger partial charge on any atom is -0.494 e. The fraction of sp³-hybridized carbons (Fsp3) is 0.200. The maximum Gasteiger partial charge on any atom is 0.290 e. The standard InChI is InChI=1S/C15H15N5O2/c1-20(2)15(21)14-17-13(18-19-14)10-6-7-11(22-3)12-9(10)5-4-8-16-12/h4-8H,1-3H3,(H,17,18,19). The van der Waals surface area contributed by atoms with Crippen LogP contribution in [0.1, 0.15) is 10.6 Å². The van der Waals surface area contributed by atoms with Crippen molar-refractivity contribution in [3.63, 3.8) is 0 Å². The van der Waals surface area contributed by atoms with Gasteiger partial charge >= 0.3 is 0 Å². The third-order valence-corrected chi connectivity index (χ3v) is 3.29. The molecule has 0 bridgehead atoms. The number of ether oxygens (including phenoxy) is 1. The Balaban J connectivity index is 2.13. The number of carbonyl (C=O) groups excluding carboxylic acids is 1. The van der Waals surface area contributed by atoms with E-state index in [0.29, 0.717) is 11.6 Å². The summed E-state index contributed by atoms with van der Waals surface area (Å²) in [7, 11) is 4.93. The number of amides is 1. The first-order valence-corrected chi connectivity index (χ1v) is 6.68. The van der Waals surface area contributed by atoms with Gasteiger partial charge in [-0.25, -0.2) is 4.98 Å². The lowest BCUT2D eigenvalue weighted by molar-refractivity contribution is 0.0816. The second-order valence-corrected chi connectivity index (χ2v) is 4.92. The molecule has 112 valence electrons. The van der Waals surface area contributed by atoms with Gasteiger partial charge in [0.05, 0.1) is 7.11 Å². The minimum absolute atomic E-state index is 0.202. The molecule has 0 fully saturated rings. The third kappa shape index (κ3) is 2.26. The van der Waals surface area contributed by atoms with E-state index in [9.17, 15) is 4.79 Å². The van der Waals surface area contributed by atoms with Crippen LogP contribution in [-0.2, 0) is 0 Å². The van der Waals surface area contributed by atoms with Gasteiger partial charge in [0.1, 0.15) is 11.3 Å². The van der Waals surface area contributed by atoms with E-state index in [0.717, 1.165) is 16.5 Å². The number of methoxy groups -OCH3 is 1. The zero-order valence-corrected chi connectivity index (χ0v) is 12.5. The number of hydrogen-bond donors (Lipinski definition) is 1. The van der Waals surface area contributed by atoms with Crippen molar-refractivity contribution in [1.82, 2.24) is 25.1 Å². The van der Waals surface area contributed by atoms with Crippen molar-refractivity contribution in [3.8, 4) is 17.1 Å². The molecule has 0 aliphatic heterocycles. The second kappa shape index (κ2) is 5.44. The number of hydrogen-bond acceptors (Lipinski definition) is 5. The summed E-state index contributed by atoms with van der Waals surface area (Å²) in [5.74, 6) is 1.10. The van der Waals surface area contributed by atoms with Crippen molar-refractivity contribution in [2.75, 3.05) is 21.2 Å². The molecular formula is C15H15N5O2. The van der Waals surface area contributed by atoms with E-state index in [1.807, 2.05) is 24.3 Å². The molecule has 22 heavy (non-hydrogen) atoms. The molecule has 1 amide bonds. The molecule has 2 heterocycles. The number of aromatic amines is 1. The van der Waals surface area contributed by atoms with Crippen LogP contribution in [-0.4, -0.2) is 52.2 Å². The lowest BCUT2D eigenvalue weighted by Gasteiger charge is -2.07. The Morgan fingerprint density at radius 3 is 2.82 bits per heavy atom. The Morgan fingerprint density at radius 2 is 2.09 bits per heavy atom. The highest BCUT2D eigenvalue weighted by Gasteiger charge is 2.17. The van der Waals surface area contributed by atoms with Crippen LogP contribution in [0.5, 0.6) is 5.75 Å². The summed E-state index contributed by atoms with van der Waals surface area (Å²) in [6.45, 7) is 0. The zero-order valence-electron chi connectivity index (χ0n) is 12.5. The fourth-order valence-corrected chi connectivity index (χ4v) is 2.20. The highest BCUT2D eigenvalue weighted by atomic mass is 16.5. The van der Waals surface area contributed by atoms with E-state index in [1.165, 1.54) is 4.90 Å². The fourth-order valence-electron chi connectivity index (χ4n) is 2.20. The summed E-state index contributed by atoms with van der Waals surface area (Å²) in [6, 6.07) is 7.43. The summed E-state index contributed by atoms with van der Waals surface area (Å²) in [4.78, 5) is 22.0. The van der Waals surface area contributed by atoms with Crippen molar-refractivity contribution in [1.29, 1.82) is 0 Å². The van der Waals surface area contributed by atoms with Gasteiger partial charge in [-0.05, 0) is 18.2 Å². The van der Waals surface area contributed by atoms with Gasteiger partial charge in [0.2, 0.25) is 5.82 Å². The molecule has 2 aromatic heterocycles. The van der Waals surface area contributed by atoms with Crippen LogP contribution in [0.25, 0.3) is 22.3 Å². The largest absolute Gasteiger partial charge is 0.494 e. The van der Waals surface area contributed by atoms with E-state index in [4.69, 9.17) is 4.74 Å². The van der Waals surface area contributed by atoms with Crippen LogP contribution in [0, 0.1) is 0 Å². The molecule has 1 aromatic carbocycles. The number of H-pyrrole nitrogens is 1. The van der Waals surface area contributed by atoms with Gasteiger partial charge in [0.25, 0.3) is 5.91 Å². The molecule has 0 aliphatic carbocycles. The first-order valence-electron chi connectivity index (χ1n) is 6.68. The number of pyridine rings is 1. The van der Waals surface area contributed by atoms with Crippen molar-refractivity contribution in [2.24, 2.45) is 0 Å². The van der Waals surface area contributed by atoms with Crippen molar-refractivity contribution in [2.45, 2.75) is 0 Å². The van der Waals surface area contributed by atoms with E-state index in [1.54, 1.807) is 27.4 Å². The van der Waals surface area contributed by atoms with Crippen LogP contribution in [0.4, 0.5) is 0 Å². The quantitative estimate of drug-likeness (QED) is 0.796. The van der Waals surface area contributed by atoms with Crippen LogP contribution in [0.2, 0.25) is 0 Å². The van der Waals surface area contributed by atoms with E-state index >= 15 is 0 Å². The molecule has 7 heteroatoms. The highest BCUT2D eigenvalue weighted by molar-refractivity contribution is 5.97. The number of fused-ring (bicyclic) bond motifs is 1. The Kier molecular flexibility index (Phi) is 3.46. The van der Waals surface area contributed by atoms with Crippen LogP contribution < -0.4 is 4.74 Å². The summed E-state index contributed by atoms with van der Waals surface area (Å²) in [6.07, 6.45) is 1.70. The van der Waals surface area contributed by atoms with Gasteiger partial charge in [0, 0.05) is 31.2 Å². The summed E-state index contributed by atoms with van der Waals surface area (Å²) < 4.78 is 5.32. The summed E-state index contributed by atoms with van der Waals surface area (Å²) in [5.41, 5.74) is 1.52. The van der Waals surface area contributed by atoms with E-state index in [2.05, 4.69) is 20.2 Å². The number of nitrogens with one attached hydrogen (secondary N) is 1. The lowest BCUT2D eigenvalue weighted by atomic mass is 10.1. The molecule has 0 spiro atoms. The number of aromatic nitrogens is 4. The zero-order chi connectivity index (χ0) is 15.7. The van der Waals surface area contributed by atoms with Gasteiger partial charge in [-0.1, -0.05) is 6.07 Å². The molecule has 0 aliphatic rings. The second-order valence-electron chi connectivity index (χ2n) is 4.92. The molecule has 0 radical (unpaired) electrons. The molecule has 1 N–H and O–H groups in total. The van der Waals surface area contributed by atoms with Gasteiger partial charge in [-0.3, -0.25) is 14.9 Å². The predicted molar refractivity (Wildman–Crippen MR) is 81.7 cm³/mol. The Labute approximate surface area is 127 Å². The molecule has 0 saturated carbocycles. The number of nitrogens with zero attached hydrogens (tertiary/aromatic N) is 4. The average molecular weight is 297 g/mol. The summed E-state index contributed by atoms with van der Waals surface area (Å²) in [5, 5.41) is 7.68. The molecule has 7 nitrogen and oxygen atoms in total. The monoisotopic (exact) mass is 297 g/mol. The minimum atomic E-state index is -0.227. The molecule has 0 saturated heterocycles. The SMILES string of the molecule is COc1ccc(-c2n[nH]c(C(=O)N(C)C)n2)c2cccnc12. The maximum atomic E-state index is 11.9. The number of rotatable bonds is 3. The highest BCUT2D eigenvalue weighted by Crippen LogP contribution is 2.31. The number of benzene rings is 1. The Morgan fingerprint density at radius 1 is 1.27 bits per heavy atom. The van der Waals surface area contributed by atoms with Crippen LogP contribution in [0.3, 0.4) is 0 Å². The van der Waals surface area contributed by atoms with Crippen molar-refractivity contribution >= 4 is 16.8 Å². The third-order valence-electron chi connectivity index (χ3n) is 3.29. The first kappa shape index (κ1) is 14.0. The topological polar surface area (TPSA) is 84.0 Å². The Hall–Kier alpha value is -2.96. The van der Waals surface area contributed by atoms with Crippen molar-refractivity contribution < 1.29 is 9.53 Å². The molecule has 0 atom stereocenters. The maximum absolute atomic E-state index is 11.9. The molecule has 3 aromatic rings. The predicted octanol–water partition coefficient (Wildman–Crippen LogP) is 1.73. The van der Waals surface area contributed by atoms with Gasteiger partial charge in [0.15, 0.2) is 5.82 Å².